The summed E-state index contributed by atoms with van der Waals surface area (Å²) in [5, 5.41) is 17.4. The fourth-order valence-electron chi connectivity index (χ4n) is 4.11. The van der Waals surface area contributed by atoms with Crippen molar-refractivity contribution in [1.82, 2.24) is 0 Å². The number of piperazine rings is 1. The number of aromatic nitrogens is 2. The molecule has 1 saturated heterocycles. The summed E-state index contributed by atoms with van der Waals surface area (Å²) >= 11 is 0. The Morgan fingerprint density at radius 3 is 1.42 bits per heavy atom. The molecule has 0 saturated carbocycles. The molecular weight excluding hydrogens is 448 g/mol. The highest BCUT2D eigenvalue weighted by Gasteiger charge is 2.17. The summed E-state index contributed by atoms with van der Waals surface area (Å²) in [7, 11) is 3.96. The van der Waals surface area contributed by atoms with Gasteiger partial charge in [0, 0.05) is 55.8 Å². The van der Waals surface area contributed by atoms with Crippen molar-refractivity contribution >= 4 is 34.1 Å². The molecule has 36 heavy (non-hydrogen) atoms. The highest BCUT2D eigenvalue weighted by atomic mass is 15.3. The lowest BCUT2D eigenvalue weighted by Gasteiger charge is -2.37. The highest BCUT2D eigenvalue weighted by molar-refractivity contribution is 5.57. The molecule has 4 aromatic rings. The summed E-state index contributed by atoms with van der Waals surface area (Å²) in [6.07, 6.45) is 7.84. The van der Waals surface area contributed by atoms with E-state index in [1.165, 1.54) is 11.4 Å². The van der Waals surface area contributed by atoms with Crippen molar-refractivity contribution in [3.8, 4) is 0 Å². The first-order valence-electron chi connectivity index (χ1n) is 12.1. The van der Waals surface area contributed by atoms with Gasteiger partial charge in [-0.15, -0.1) is 5.11 Å². The van der Waals surface area contributed by atoms with Gasteiger partial charge in [0.05, 0.1) is 17.1 Å². The normalized spacial score (nSPS) is 14.2. The van der Waals surface area contributed by atoms with Crippen molar-refractivity contribution in [2.24, 2.45) is 34.6 Å². The zero-order valence-corrected chi connectivity index (χ0v) is 20.6. The van der Waals surface area contributed by atoms with E-state index in [0.717, 1.165) is 48.9 Å². The molecule has 5 rings (SSSR count). The van der Waals surface area contributed by atoms with E-state index in [4.69, 9.17) is 0 Å². The smallest absolute Gasteiger partial charge is 0.196 e. The maximum absolute atomic E-state index is 4.37. The van der Waals surface area contributed by atoms with Gasteiger partial charge in [0.2, 0.25) is 0 Å². The van der Waals surface area contributed by atoms with Gasteiger partial charge in [0.15, 0.2) is 24.8 Å². The van der Waals surface area contributed by atoms with Crippen LogP contribution in [0.25, 0.3) is 0 Å². The average molecular weight is 479 g/mol. The van der Waals surface area contributed by atoms with Crippen LogP contribution in [0.4, 0.5) is 34.1 Å². The van der Waals surface area contributed by atoms with Gasteiger partial charge in [0.1, 0.15) is 19.8 Å². The van der Waals surface area contributed by atoms with Crippen molar-refractivity contribution in [2.75, 3.05) is 36.0 Å². The Bertz CT molecular complexity index is 1340. The number of hydrogen-bond acceptors (Lipinski definition) is 6. The van der Waals surface area contributed by atoms with Gasteiger partial charge in [-0.2, -0.15) is 15.3 Å². The Hall–Kier alpha value is -4.46. The van der Waals surface area contributed by atoms with Gasteiger partial charge < -0.3 is 9.80 Å². The van der Waals surface area contributed by atoms with E-state index in [2.05, 4.69) is 54.5 Å². The standard InChI is InChI=1S/C28H30N8/c1-33-16-13-25(14-17-33)31-29-23-5-9-27(10-6-23)35-18-20-36(21-19-35)28-11-7-24(8-12-28)30-32-26-4-3-15-34(2)22-26/h3-17,22H,18-21H2,1-2H3/q+2/b32-30+. The first-order chi connectivity index (χ1) is 17.6. The predicted octanol–water partition coefficient (Wildman–Crippen LogP) is 5.49. The minimum atomic E-state index is 0.835. The van der Waals surface area contributed by atoms with E-state index in [1.807, 2.05) is 96.5 Å². The second-order valence-corrected chi connectivity index (χ2v) is 8.86. The van der Waals surface area contributed by atoms with Crippen LogP contribution in [0.5, 0.6) is 0 Å². The maximum Gasteiger partial charge on any atom is 0.196 e. The van der Waals surface area contributed by atoms with Gasteiger partial charge in [-0.05, 0) is 54.6 Å². The van der Waals surface area contributed by atoms with Crippen LogP contribution < -0.4 is 18.9 Å². The van der Waals surface area contributed by atoms with Crippen LogP contribution in [0.15, 0.2) is 118 Å². The van der Waals surface area contributed by atoms with Gasteiger partial charge >= 0.3 is 0 Å². The van der Waals surface area contributed by atoms with Crippen molar-refractivity contribution in [3.05, 3.63) is 97.6 Å². The predicted molar refractivity (Wildman–Crippen MR) is 141 cm³/mol. The topological polar surface area (TPSA) is 63.7 Å². The molecular formula is C28H30N8+2. The van der Waals surface area contributed by atoms with Crippen LogP contribution >= 0.6 is 0 Å². The molecule has 180 valence electrons. The third kappa shape index (κ3) is 5.96. The van der Waals surface area contributed by atoms with Gasteiger partial charge in [-0.1, -0.05) is 0 Å². The number of anilines is 2. The molecule has 1 fully saturated rings. The molecule has 0 N–H and O–H groups in total. The Kier molecular flexibility index (Phi) is 7.02. The van der Waals surface area contributed by atoms with Gasteiger partial charge in [-0.25, -0.2) is 9.13 Å². The fourth-order valence-corrected chi connectivity index (χ4v) is 4.11. The van der Waals surface area contributed by atoms with Crippen molar-refractivity contribution < 1.29 is 9.13 Å². The molecule has 1 aliphatic rings. The number of benzene rings is 2. The van der Waals surface area contributed by atoms with Crippen LogP contribution in [0.3, 0.4) is 0 Å². The minimum absolute atomic E-state index is 0.835. The number of hydrogen-bond donors (Lipinski definition) is 0. The lowest BCUT2D eigenvalue weighted by atomic mass is 10.2. The van der Waals surface area contributed by atoms with E-state index < -0.39 is 0 Å². The summed E-state index contributed by atoms with van der Waals surface area (Å²) in [4.78, 5) is 4.83. The maximum atomic E-state index is 4.37. The van der Waals surface area contributed by atoms with Crippen LogP contribution in [-0.2, 0) is 14.1 Å². The van der Waals surface area contributed by atoms with Crippen molar-refractivity contribution in [1.29, 1.82) is 0 Å². The second-order valence-electron chi connectivity index (χ2n) is 8.86. The highest BCUT2D eigenvalue weighted by Crippen LogP contribution is 2.26. The number of nitrogens with zero attached hydrogens (tertiary/aromatic N) is 8. The molecule has 0 radical (unpaired) electrons. The van der Waals surface area contributed by atoms with Crippen LogP contribution in [-0.4, -0.2) is 26.2 Å². The molecule has 0 unspecified atom stereocenters. The molecule has 0 atom stereocenters. The zero-order chi connectivity index (χ0) is 24.7. The third-order valence-corrected chi connectivity index (χ3v) is 6.16. The zero-order valence-electron chi connectivity index (χ0n) is 20.6. The van der Waals surface area contributed by atoms with Crippen molar-refractivity contribution in [3.63, 3.8) is 0 Å². The molecule has 2 aromatic carbocycles. The summed E-state index contributed by atoms with van der Waals surface area (Å²) in [6, 6.07) is 24.4. The minimum Gasteiger partial charge on any atom is -0.368 e. The molecule has 2 aromatic heterocycles. The molecule has 8 nitrogen and oxygen atoms in total. The molecule has 0 spiro atoms. The number of aryl methyl sites for hydroxylation is 2. The van der Waals surface area contributed by atoms with Crippen molar-refractivity contribution in [2.45, 2.75) is 0 Å². The summed E-state index contributed by atoms with van der Waals surface area (Å²) in [5.74, 6) is 0. The Morgan fingerprint density at radius 1 is 0.500 bits per heavy atom. The van der Waals surface area contributed by atoms with E-state index in [0.29, 0.717) is 0 Å². The van der Waals surface area contributed by atoms with Crippen LogP contribution in [0, 0.1) is 0 Å². The summed E-state index contributed by atoms with van der Waals surface area (Å²) in [6.45, 7) is 3.87. The molecule has 1 aliphatic heterocycles. The first-order valence-corrected chi connectivity index (χ1v) is 12.1. The second kappa shape index (κ2) is 10.9. The molecule has 3 heterocycles. The Balaban J connectivity index is 1.14. The lowest BCUT2D eigenvalue weighted by Crippen LogP contribution is -2.46. The van der Waals surface area contributed by atoms with Gasteiger partial charge in [0.25, 0.3) is 0 Å². The number of pyridine rings is 2. The monoisotopic (exact) mass is 478 g/mol. The SMILES string of the molecule is C[n+]1ccc(/N=N/c2ccc(N3CCN(c4ccc(/N=N/c5ccc[n+](C)c5)cc4)CC3)cc2)cc1. The van der Waals surface area contributed by atoms with Crippen LogP contribution in [0.2, 0.25) is 0 Å². The van der Waals surface area contributed by atoms with E-state index in [-0.39, 0.29) is 0 Å². The number of azo groups is 2. The average Bonchev–Trinajstić information content (AvgIpc) is 2.92. The molecule has 0 bridgehead atoms. The third-order valence-electron chi connectivity index (χ3n) is 6.16. The molecule has 0 amide bonds. The fraction of sp³-hybridized carbons (Fsp3) is 0.214. The summed E-state index contributed by atoms with van der Waals surface area (Å²) < 4.78 is 3.94. The molecule has 0 aliphatic carbocycles. The number of rotatable bonds is 6. The lowest BCUT2D eigenvalue weighted by molar-refractivity contribution is -0.671. The van der Waals surface area contributed by atoms with E-state index in [1.54, 1.807) is 0 Å². The summed E-state index contributed by atoms with van der Waals surface area (Å²) in [5.41, 5.74) is 5.80. The quantitative estimate of drug-likeness (QED) is 0.272. The Morgan fingerprint density at radius 2 is 0.944 bits per heavy atom. The van der Waals surface area contributed by atoms with Crippen LogP contribution in [0.1, 0.15) is 0 Å². The first kappa shape index (κ1) is 23.3. The van der Waals surface area contributed by atoms with Gasteiger partial charge in [-0.3, -0.25) is 0 Å². The molecule has 8 heteroatoms. The van der Waals surface area contributed by atoms with E-state index in [9.17, 15) is 0 Å². The van der Waals surface area contributed by atoms with E-state index >= 15 is 0 Å². The largest absolute Gasteiger partial charge is 0.368 e. The Labute approximate surface area is 211 Å².